The molecule has 0 atom stereocenters. The molecule has 0 saturated carbocycles. The highest BCUT2D eigenvalue weighted by Crippen LogP contribution is 2.13. The van der Waals surface area contributed by atoms with E-state index in [-0.39, 0.29) is 18.2 Å². The van der Waals surface area contributed by atoms with Gasteiger partial charge in [-0.25, -0.2) is 0 Å². The molecule has 0 aliphatic carbocycles. The number of nitrogens with one attached hydrogen (secondary N) is 1. The van der Waals surface area contributed by atoms with Crippen LogP contribution in [0.1, 0.15) is 25.3 Å². The van der Waals surface area contributed by atoms with E-state index in [0.29, 0.717) is 24.6 Å². The van der Waals surface area contributed by atoms with Gasteiger partial charge in [-0.05, 0) is 6.42 Å². The van der Waals surface area contributed by atoms with Crippen molar-refractivity contribution in [2.45, 2.75) is 19.8 Å². The second-order valence-electron chi connectivity index (χ2n) is 3.93. The fourth-order valence-corrected chi connectivity index (χ4v) is 1.43. The van der Waals surface area contributed by atoms with Gasteiger partial charge in [0.2, 0.25) is 5.91 Å². The van der Waals surface area contributed by atoms with Crippen molar-refractivity contribution < 1.29 is 14.7 Å². The van der Waals surface area contributed by atoms with Crippen molar-refractivity contribution in [3.8, 4) is 0 Å². The molecule has 1 heterocycles. The van der Waals surface area contributed by atoms with Crippen LogP contribution in [0.15, 0.2) is 11.4 Å². The molecule has 0 radical (unpaired) electrons. The maximum Gasteiger partial charge on any atom is 0.227 e. The topological polar surface area (TPSA) is 115 Å². The molecular weight excluding hydrogens is 250 g/mol. The van der Waals surface area contributed by atoms with Gasteiger partial charge in [-0.1, -0.05) is 12.1 Å². The maximum atomic E-state index is 11.7. The monoisotopic (exact) mass is 269 g/mol. The highest BCUT2D eigenvalue weighted by Gasteiger charge is 2.14. The van der Waals surface area contributed by atoms with Crippen molar-refractivity contribution in [2.24, 2.45) is 17.9 Å². The third-order valence-corrected chi connectivity index (χ3v) is 2.40. The summed E-state index contributed by atoms with van der Waals surface area (Å²) in [7, 11) is 1.65. The number of hydrogen-bond donors (Lipinski definition) is 3. The highest BCUT2D eigenvalue weighted by molar-refractivity contribution is 6.04. The van der Waals surface area contributed by atoms with Gasteiger partial charge < -0.3 is 21.0 Å². The van der Waals surface area contributed by atoms with E-state index in [9.17, 15) is 4.79 Å². The Morgan fingerprint density at radius 2 is 2.37 bits per heavy atom. The zero-order chi connectivity index (χ0) is 14.3. The Hall–Kier alpha value is -2.09. The van der Waals surface area contributed by atoms with E-state index in [1.54, 1.807) is 7.05 Å². The van der Waals surface area contributed by atoms with Gasteiger partial charge in [-0.15, -0.1) is 0 Å². The minimum atomic E-state index is -0.216. The van der Waals surface area contributed by atoms with Crippen LogP contribution in [0.5, 0.6) is 0 Å². The van der Waals surface area contributed by atoms with Crippen molar-refractivity contribution >= 4 is 17.6 Å². The van der Waals surface area contributed by atoms with Crippen LogP contribution in [0.2, 0.25) is 0 Å². The molecule has 1 aromatic heterocycles. The van der Waals surface area contributed by atoms with Crippen molar-refractivity contribution in [3.63, 3.8) is 0 Å². The highest BCUT2D eigenvalue weighted by atomic mass is 16.5. The summed E-state index contributed by atoms with van der Waals surface area (Å²) in [5.41, 5.74) is 5.86. The Morgan fingerprint density at radius 3 is 3.00 bits per heavy atom. The predicted molar refractivity (Wildman–Crippen MR) is 70.1 cm³/mol. The van der Waals surface area contributed by atoms with Crippen LogP contribution >= 0.6 is 0 Å². The lowest BCUT2D eigenvalue weighted by Crippen LogP contribution is -2.20. The van der Waals surface area contributed by atoms with E-state index in [1.165, 1.54) is 10.9 Å². The van der Waals surface area contributed by atoms with Gasteiger partial charge in [0.05, 0.1) is 24.8 Å². The third-order valence-electron chi connectivity index (χ3n) is 2.40. The number of aryl methyl sites for hydroxylation is 1. The lowest BCUT2D eigenvalue weighted by Gasteiger charge is -2.08. The molecule has 0 bridgehead atoms. The molecule has 1 amide bonds. The Labute approximate surface area is 111 Å². The van der Waals surface area contributed by atoms with Gasteiger partial charge in [0.15, 0.2) is 5.84 Å². The fourth-order valence-electron chi connectivity index (χ4n) is 1.43. The number of aromatic nitrogens is 2. The maximum absolute atomic E-state index is 11.7. The molecule has 0 aliphatic rings. The third kappa shape index (κ3) is 4.25. The average Bonchev–Trinajstić information content (AvgIpc) is 2.75. The summed E-state index contributed by atoms with van der Waals surface area (Å²) >= 11 is 0. The Bertz CT molecular complexity index is 455. The zero-order valence-corrected chi connectivity index (χ0v) is 11.1. The normalized spacial score (nSPS) is 11.6. The molecule has 0 unspecified atom stereocenters. The van der Waals surface area contributed by atoms with E-state index in [0.717, 1.165) is 6.42 Å². The zero-order valence-electron chi connectivity index (χ0n) is 11.1. The number of amides is 1. The van der Waals surface area contributed by atoms with Crippen molar-refractivity contribution in [1.82, 2.24) is 9.78 Å². The molecule has 1 rings (SSSR count). The molecule has 0 aliphatic heterocycles. The minimum Gasteiger partial charge on any atom is -0.409 e. The quantitative estimate of drug-likeness (QED) is 0.216. The van der Waals surface area contributed by atoms with E-state index in [2.05, 4.69) is 15.6 Å². The number of anilines is 1. The standard InChI is InChI=1S/C11H19N5O3/c1-3-5-19-6-4-9(17)14-11-8(10(12)15-18)7-13-16(11)2/h7,18H,3-6H2,1-2H3,(H2,12,15)(H,14,17). The number of oxime groups is 1. The van der Waals surface area contributed by atoms with Gasteiger partial charge in [-0.2, -0.15) is 5.10 Å². The lowest BCUT2D eigenvalue weighted by molar-refractivity contribution is -0.117. The first kappa shape index (κ1) is 15.0. The largest absolute Gasteiger partial charge is 0.409 e. The summed E-state index contributed by atoms with van der Waals surface area (Å²) in [6.45, 7) is 2.99. The van der Waals surface area contributed by atoms with Crippen LogP contribution in [0.25, 0.3) is 0 Å². The van der Waals surface area contributed by atoms with E-state index in [1.807, 2.05) is 6.92 Å². The van der Waals surface area contributed by atoms with Crippen LogP contribution < -0.4 is 11.1 Å². The molecule has 8 heteroatoms. The fraction of sp³-hybridized carbons (Fsp3) is 0.545. The summed E-state index contributed by atoms with van der Waals surface area (Å²) in [4.78, 5) is 11.7. The number of rotatable bonds is 7. The van der Waals surface area contributed by atoms with E-state index < -0.39 is 0 Å². The van der Waals surface area contributed by atoms with Crippen molar-refractivity contribution in [1.29, 1.82) is 0 Å². The number of carbonyl (C=O) groups excluding carboxylic acids is 1. The van der Waals surface area contributed by atoms with Gasteiger partial charge in [-0.3, -0.25) is 9.48 Å². The first-order valence-corrected chi connectivity index (χ1v) is 5.97. The van der Waals surface area contributed by atoms with Crippen LogP contribution in [0.3, 0.4) is 0 Å². The molecule has 0 aromatic carbocycles. The summed E-state index contributed by atoms with van der Waals surface area (Å²) < 4.78 is 6.67. The van der Waals surface area contributed by atoms with Gasteiger partial charge in [0, 0.05) is 13.7 Å². The Kier molecular flexibility index (Phi) is 5.80. The lowest BCUT2D eigenvalue weighted by atomic mass is 10.3. The summed E-state index contributed by atoms with van der Waals surface area (Å²) in [6, 6.07) is 0. The van der Waals surface area contributed by atoms with Crippen LogP contribution in [-0.2, 0) is 16.6 Å². The number of amidine groups is 1. The number of nitrogens with two attached hydrogens (primary N) is 1. The van der Waals surface area contributed by atoms with Gasteiger partial charge in [0.25, 0.3) is 0 Å². The number of carbonyl (C=O) groups is 1. The molecule has 0 saturated heterocycles. The molecule has 19 heavy (non-hydrogen) atoms. The number of ether oxygens (including phenoxy) is 1. The first-order valence-electron chi connectivity index (χ1n) is 5.97. The number of nitrogens with zero attached hydrogens (tertiary/aromatic N) is 3. The predicted octanol–water partition coefficient (Wildman–Crippen LogP) is 0.270. The van der Waals surface area contributed by atoms with Crippen molar-refractivity contribution in [2.75, 3.05) is 18.5 Å². The van der Waals surface area contributed by atoms with Crippen LogP contribution in [0.4, 0.5) is 5.82 Å². The van der Waals surface area contributed by atoms with Crippen LogP contribution in [-0.4, -0.2) is 39.9 Å². The summed E-state index contributed by atoms with van der Waals surface area (Å²) in [5, 5.41) is 18.1. The first-order chi connectivity index (χ1) is 9.10. The average molecular weight is 269 g/mol. The Balaban J connectivity index is 2.61. The molecule has 1 aromatic rings. The van der Waals surface area contributed by atoms with E-state index in [4.69, 9.17) is 15.7 Å². The Morgan fingerprint density at radius 1 is 1.63 bits per heavy atom. The summed E-state index contributed by atoms with van der Waals surface area (Å²) in [5.74, 6) is 0.0631. The van der Waals surface area contributed by atoms with Gasteiger partial charge >= 0.3 is 0 Å². The molecule has 0 fully saturated rings. The molecule has 8 nitrogen and oxygen atoms in total. The molecule has 106 valence electrons. The second kappa shape index (κ2) is 7.37. The van der Waals surface area contributed by atoms with Crippen molar-refractivity contribution in [3.05, 3.63) is 11.8 Å². The molecular formula is C11H19N5O3. The van der Waals surface area contributed by atoms with E-state index >= 15 is 0 Å². The molecule has 0 spiro atoms. The second-order valence-corrected chi connectivity index (χ2v) is 3.93. The SMILES string of the molecule is CCCOCCC(=O)Nc1c(C(N)=NO)cnn1C. The van der Waals surface area contributed by atoms with Gasteiger partial charge in [0.1, 0.15) is 5.82 Å². The molecule has 4 N–H and O–H groups in total. The van der Waals surface area contributed by atoms with Crippen LogP contribution in [0, 0.1) is 0 Å². The summed E-state index contributed by atoms with van der Waals surface area (Å²) in [6.07, 6.45) is 2.57. The number of hydrogen-bond acceptors (Lipinski definition) is 5. The smallest absolute Gasteiger partial charge is 0.227 e. The minimum absolute atomic E-state index is 0.106.